The summed E-state index contributed by atoms with van der Waals surface area (Å²) in [7, 11) is 0. The average Bonchev–Trinajstić information content (AvgIpc) is 2.75. The van der Waals surface area contributed by atoms with Crippen LogP contribution >= 0.6 is 0 Å². The normalized spacial score (nSPS) is 13.3. The van der Waals surface area contributed by atoms with Gasteiger partial charge in [0, 0.05) is 18.9 Å². The Hall–Kier alpha value is -2.23. The van der Waals surface area contributed by atoms with Gasteiger partial charge in [0.05, 0.1) is 5.56 Å². The number of nitrogens with zero attached hydrogens (tertiary/aromatic N) is 1. The van der Waals surface area contributed by atoms with E-state index in [4.69, 9.17) is 0 Å². The fourth-order valence-corrected chi connectivity index (χ4v) is 2.33. The number of hydrogen-bond acceptors (Lipinski definition) is 2. The van der Waals surface area contributed by atoms with Crippen LogP contribution in [-0.4, -0.2) is 10.9 Å². The van der Waals surface area contributed by atoms with E-state index in [0.717, 1.165) is 22.3 Å². The number of hydrogen-bond donors (Lipinski definition) is 1. The van der Waals surface area contributed by atoms with Gasteiger partial charge >= 0.3 is 0 Å². The third kappa shape index (κ3) is 1.49. The third-order valence-electron chi connectivity index (χ3n) is 3.23. The molecule has 4 heteroatoms. The Morgan fingerprint density at radius 1 is 1.28 bits per heavy atom. The second-order valence-corrected chi connectivity index (χ2v) is 4.32. The first kappa shape index (κ1) is 10.9. The molecule has 1 aliphatic heterocycles. The van der Waals surface area contributed by atoms with Crippen molar-refractivity contribution in [1.82, 2.24) is 10.3 Å². The Bertz CT molecular complexity index is 652. The van der Waals surface area contributed by atoms with Gasteiger partial charge in [-0.3, -0.25) is 9.78 Å². The van der Waals surface area contributed by atoms with Crippen molar-refractivity contribution in [2.24, 2.45) is 0 Å². The molecule has 3 rings (SSSR count). The van der Waals surface area contributed by atoms with E-state index in [1.54, 1.807) is 18.5 Å². The minimum absolute atomic E-state index is 0.170. The molecule has 0 saturated heterocycles. The molecule has 0 saturated carbocycles. The van der Waals surface area contributed by atoms with Crippen LogP contribution in [0.25, 0.3) is 11.1 Å². The molecular formula is C14H11FN2O. The van der Waals surface area contributed by atoms with E-state index in [-0.39, 0.29) is 11.5 Å². The molecule has 90 valence electrons. The zero-order chi connectivity index (χ0) is 12.7. The molecule has 18 heavy (non-hydrogen) atoms. The van der Waals surface area contributed by atoms with Crippen LogP contribution < -0.4 is 5.32 Å². The average molecular weight is 242 g/mol. The van der Waals surface area contributed by atoms with Crippen LogP contribution in [0.5, 0.6) is 0 Å². The van der Waals surface area contributed by atoms with E-state index in [9.17, 15) is 9.18 Å². The molecule has 1 aromatic carbocycles. The molecular weight excluding hydrogens is 231 g/mol. The Kier molecular flexibility index (Phi) is 2.37. The Labute approximate surface area is 104 Å². The number of benzene rings is 1. The fraction of sp³-hybridized carbons (Fsp3) is 0.143. The molecule has 1 N–H and O–H groups in total. The lowest BCUT2D eigenvalue weighted by molar-refractivity contribution is 0.0962. The van der Waals surface area contributed by atoms with Gasteiger partial charge in [0.2, 0.25) is 0 Å². The highest BCUT2D eigenvalue weighted by Crippen LogP contribution is 2.32. The summed E-state index contributed by atoms with van der Waals surface area (Å²) in [6.45, 7) is 2.32. The maximum atomic E-state index is 13.7. The lowest BCUT2D eigenvalue weighted by Gasteiger charge is -2.10. The summed E-state index contributed by atoms with van der Waals surface area (Å²) in [6.07, 6.45) is 3.46. The molecule has 0 radical (unpaired) electrons. The Balaban J connectivity index is 2.27. The summed E-state index contributed by atoms with van der Waals surface area (Å²) in [6, 6.07) is 4.95. The molecule has 0 spiro atoms. The molecule has 1 amide bonds. The smallest absolute Gasteiger partial charge is 0.254 e. The van der Waals surface area contributed by atoms with Crippen LogP contribution in [0.1, 0.15) is 21.5 Å². The molecule has 3 nitrogen and oxygen atoms in total. The van der Waals surface area contributed by atoms with E-state index in [1.807, 2.05) is 13.0 Å². The molecule has 0 aliphatic carbocycles. The van der Waals surface area contributed by atoms with Crippen molar-refractivity contribution in [3.63, 3.8) is 0 Å². The summed E-state index contributed by atoms with van der Waals surface area (Å²) in [5, 5.41) is 2.66. The highest BCUT2D eigenvalue weighted by atomic mass is 19.1. The largest absolute Gasteiger partial charge is 0.348 e. The Morgan fingerprint density at radius 3 is 2.89 bits per heavy atom. The molecule has 2 aromatic rings. The molecule has 0 atom stereocenters. The second kappa shape index (κ2) is 3.91. The number of amides is 1. The third-order valence-corrected chi connectivity index (χ3v) is 3.23. The predicted octanol–water partition coefficient (Wildman–Crippen LogP) is 2.44. The molecule has 0 fully saturated rings. The van der Waals surface area contributed by atoms with E-state index in [0.29, 0.717) is 6.54 Å². The van der Waals surface area contributed by atoms with Crippen LogP contribution in [-0.2, 0) is 6.54 Å². The van der Waals surface area contributed by atoms with Crippen molar-refractivity contribution in [1.29, 1.82) is 0 Å². The second-order valence-electron chi connectivity index (χ2n) is 4.32. The number of pyridine rings is 1. The number of nitrogens with one attached hydrogen (secondary N) is 1. The molecule has 2 heterocycles. The van der Waals surface area contributed by atoms with Crippen molar-refractivity contribution in [2.75, 3.05) is 0 Å². The van der Waals surface area contributed by atoms with Crippen molar-refractivity contribution < 1.29 is 9.18 Å². The van der Waals surface area contributed by atoms with Gasteiger partial charge in [-0.15, -0.1) is 0 Å². The van der Waals surface area contributed by atoms with E-state index >= 15 is 0 Å². The molecule has 1 aliphatic rings. The molecule has 0 bridgehead atoms. The number of aryl methyl sites for hydroxylation is 1. The quantitative estimate of drug-likeness (QED) is 0.834. The lowest BCUT2D eigenvalue weighted by Crippen LogP contribution is -2.13. The first-order valence-corrected chi connectivity index (χ1v) is 5.69. The van der Waals surface area contributed by atoms with Gasteiger partial charge in [0.25, 0.3) is 5.91 Å². The number of carbonyl (C=O) groups excluding carboxylic acids is 1. The molecule has 1 aromatic heterocycles. The van der Waals surface area contributed by atoms with E-state index in [1.165, 1.54) is 6.07 Å². The predicted molar refractivity (Wildman–Crippen MR) is 65.5 cm³/mol. The molecule has 0 unspecified atom stereocenters. The first-order valence-electron chi connectivity index (χ1n) is 5.69. The number of fused-ring (bicyclic) bond motifs is 1. The maximum absolute atomic E-state index is 13.7. The zero-order valence-electron chi connectivity index (χ0n) is 9.83. The van der Waals surface area contributed by atoms with E-state index in [2.05, 4.69) is 10.3 Å². The van der Waals surface area contributed by atoms with Gasteiger partial charge in [-0.2, -0.15) is 0 Å². The van der Waals surface area contributed by atoms with Gasteiger partial charge < -0.3 is 5.32 Å². The van der Waals surface area contributed by atoms with Crippen LogP contribution in [0, 0.1) is 12.7 Å². The topological polar surface area (TPSA) is 42.0 Å². The fourth-order valence-electron chi connectivity index (χ4n) is 2.33. The number of halogens is 1. The zero-order valence-corrected chi connectivity index (χ0v) is 9.83. The first-order chi connectivity index (χ1) is 8.68. The lowest BCUT2D eigenvalue weighted by atomic mass is 9.95. The summed E-state index contributed by atoms with van der Waals surface area (Å²) in [5.41, 5.74) is 3.78. The van der Waals surface area contributed by atoms with Gasteiger partial charge in [-0.05, 0) is 41.3 Å². The minimum Gasteiger partial charge on any atom is -0.348 e. The minimum atomic E-state index is -0.463. The standard InChI is InChI=1S/C14H11FN2O/c1-8-6-16-5-4-9(8)10-2-3-12(15)13-11(10)7-17-14(13)18/h2-6H,7H2,1H3,(H,17,18). The number of carbonyl (C=O) groups is 1. The van der Waals surface area contributed by atoms with Gasteiger partial charge in [0.15, 0.2) is 0 Å². The van der Waals surface area contributed by atoms with Crippen LogP contribution in [0.3, 0.4) is 0 Å². The van der Waals surface area contributed by atoms with Crippen molar-refractivity contribution >= 4 is 5.91 Å². The highest BCUT2D eigenvalue weighted by Gasteiger charge is 2.26. The SMILES string of the molecule is Cc1cnccc1-c1ccc(F)c2c1CNC2=O. The van der Waals surface area contributed by atoms with Gasteiger partial charge in [-0.1, -0.05) is 6.07 Å². The highest BCUT2D eigenvalue weighted by molar-refractivity contribution is 6.00. The van der Waals surface area contributed by atoms with Gasteiger partial charge in [0.1, 0.15) is 5.82 Å². The summed E-state index contributed by atoms with van der Waals surface area (Å²) >= 11 is 0. The summed E-state index contributed by atoms with van der Waals surface area (Å²) in [5.74, 6) is -0.800. The summed E-state index contributed by atoms with van der Waals surface area (Å²) < 4.78 is 13.7. The van der Waals surface area contributed by atoms with E-state index < -0.39 is 5.82 Å². The summed E-state index contributed by atoms with van der Waals surface area (Å²) in [4.78, 5) is 15.6. The Morgan fingerprint density at radius 2 is 2.11 bits per heavy atom. The maximum Gasteiger partial charge on any atom is 0.254 e. The van der Waals surface area contributed by atoms with Crippen molar-refractivity contribution in [2.45, 2.75) is 13.5 Å². The van der Waals surface area contributed by atoms with Crippen LogP contribution in [0.2, 0.25) is 0 Å². The van der Waals surface area contributed by atoms with Crippen molar-refractivity contribution in [3.8, 4) is 11.1 Å². The van der Waals surface area contributed by atoms with Crippen molar-refractivity contribution in [3.05, 3.63) is 53.1 Å². The van der Waals surface area contributed by atoms with Gasteiger partial charge in [-0.25, -0.2) is 4.39 Å². The van der Waals surface area contributed by atoms with Crippen LogP contribution in [0.15, 0.2) is 30.6 Å². The van der Waals surface area contributed by atoms with Crippen LogP contribution in [0.4, 0.5) is 4.39 Å². The number of rotatable bonds is 1. The monoisotopic (exact) mass is 242 g/mol. The number of aromatic nitrogens is 1.